The summed E-state index contributed by atoms with van der Waals surface area (Å²) >= 11 is 0. The standard InChI is InChI=1S/C12H17FN2O2S/c1-8(18(2)17)3-4-15-12(16)9-5-10(13)7-11(14)6-9/h5-8H,3-4,14H2,1-2H3,(H,15,16). The summed E-state index contributed by atoms with van der Waals surface area (Å²) in [5, 5.41) is 2.66. The van der Waals surface area contributed by atoms with Gasteiger partial charge in [0.1, 0.15) is 5.82 Å². The number of rotatable bonds is 5. The van der Waals surface area contributed by atoms with Crippen LogP contribution in [0.15, 0.2) is 18.2 Å². The Morgan fingerprint density at radius 3 is 2.72 bits per heavy atom. The van der Waals surface area contributed by atoms with Crippen LogP contribution in [-0.2, 0) is 10.8 Å². The minimum absolute atomic E-state index is 0.0166. The van der Waals surface area contributed by atoms with Crippen molar-refractivity contribution in [1.82, 2.24) is 5.32 Å². The van der Waals surface area contributed by atoms with Gasteiger partial charge in [0.15, 0.2) is 0 Å². The molecule has 1 aromatic carbocycles. The van der Waals surface area contributed by atoms with E-state index in [1.54, 1.807) is 6.26 Å². The van der Waals surface area contributed by atoms with Gasteiger partial charge >= 0.3 is 0 Å². The Morgan fingerprint density at radius 2 is 2.17 bits per heavy atom. The second kappa shape index (κ2) is 6.49. The number of benzene rings is 1. The fraction of sp³-hybridized carbons (Fsp3) is 0.417. The minimum Gasteiger partial charge on any atom is -0.399 e. The predicted octanol–water partition coefficient (Wildman–Crippen LogP) is 1.29. The summed E-state index contributed by atoms with van der Waals surface area (Å²) in [6.07, 6.45) is 2.24. The summed E-state index contributed by atoms with van der Waals surface area (Å²) in [5.41, 5.74) is 5.86. The fourth-order valence-corrected chi connectivity index (χ4v) is 1.85. The molecular weight excluding hydrogens is 255 g/mol. The first-order valence-electron chi connectivity index (χ1n) is 5.56. The Kier molecular flexibility index (Phi) is 5.27. The van der Waals surface area contributed by atoms with Gasteiger partial charge in [-0.2, -0.15) is 0 Å². The zero-order valence-corrected chi connectivity index (χ0v) is 11.2. The highest BCUT2D eigenvalue weighted by Gasteiger charge is 2.10. The van der Waals surface area contributed by atoms with E-state index in [9.17, 15) is 13.4 Å². The lowest BCUT2D eigenvalue weighted by atomic mass is 10.2. The molecule has 0 saturated heterocycles. The zero-order valence-electron chi connectivity index (χ0n) is 10.4. The van der Waals surface area contributed by atoms with E-state index in [0.717, 1.165) is 12.1 Å². The lowest BCUT2D eigenvalue weighted by Crippen LogP contribution is -2.27. The second-order valence-corrected chi connectivity index (χ2v) is 5.93. The third-order valence-corrected chi connectivity index (χ3v) is 3.95. The predicted molar refractivity (Wildman–Crippen MR) is 71.3 cm³/mol. The molecule has 0 radical (unpaired) electrons. The SMILES string of the molecule is CC(CCNC(=O)c1cc(N)cc(F)c1)S(C)=O. The van der Waals surface area contributed by atoms with E-state index < -0.39 is 16.6 Å². The van der Waals surface area contributed by atoms with Crippen LogP contribution in [0, 0.1) is 5.82 Å². The highest BCUT2D eigenvalue weighted by atomic mass is 32.2. The van der Waals surface area contributed by atoms with Crippen LogP contribution >= 0.6 is 0 Å². The monoisotopic (exact) mass is 272 g/mol. The Bertz CT molecular complexity index is 445. The van der Waals surface area contributed by atoms with Crippen molar-refractivity contribution < 1.29 is 13.4 Å². The lowest BCUT2D eigenvalue weighted by molar-refractivity contribution is 0.0953. The third kappa shape index (κ3) is 4.44. The van der Waals surface area contributed by atoms with Crippen molar-refractivity contribution >= 4 is 22.4 Å². The second-order valence-electron chi connectivity index (χ2n) is 4.13. The molecule has 4 nitrogen and oxygen atoms in total. The summed E-state index contributed by atoms with van der Waals surface area (Å²) in [6, 6.07) is 3.70. The first kappa shape index (κ1) is 14.6. The molecular formula is C12H17FN2O2S. The van der Waals surface area contributed by atoms with E-state index in [4.69, 9.17) is 5.73 Å². The fourth-order valence-electron chi connectivity index (χ4n) is 1.40. The van der Waals surface area contributed by atoms with Gasteiger partial charge in [-0.1, -0.05) is 6.92 Å². The minimum atomic E-state index is -0.908. The number of hydrogen-bond donors (Lipinski definition) is 2. The number of halogens is 1. The number of nitrogens with one attached hydrogen (secondary N) is 1. The van der Waals surface area contributed by atoms with Crippen LogP contribution in [0.2, 0.25) is 0 Å². The number of hydrogen-bond acceptors (Lipinski definition) is 3. The van der Waals surface area contributed by atoms with Gasteiger partial charge in [0, 0.05) is 40.1 Å². The molecule has 0 bridgehead atoms. The average Bonchev–Trinajstić information content (AvgIpc) is 2.27. The molecule has 3 N–H and O–H groups in total. The van der Waals surface area contributed by atoms with E-state index in [-0.39, 0.29) is 22.4 Å². The molecule has 0 aliphatic rings. The van der Waals surface area contributed by atoms with Gasteiger partial charge in [-0.25, -0.2) is 4.39 Å². The molecule has 0 spiro atoms. The Balaban J connectivity index is 2.53. The molecule has 100 valence electrons. The van der Waals surface area contributed by atoms with Crippen molar-refractivity contribution in [2.75, 3.05) is 18.5 Å². The van der Waals surface area contributed by atoms with Crippen molar-refractivity contribution in [3.63, 3.8) is 0 Å². The molecule has 1 rings (SSSR count). The number of amides is 1. The molecule has 2 atom stereocenters. The van der Waals surface area contributed by atoms with Gasteiger partial charge in [-0.05, 0) is 24.6 Å². The number of carbonyl (C=O) groups is 1. The summed E-state index contributed by atoms with van der Waals surface area (Å²) in [4.78, 5) is 11.7. The Labute approximate surface area is 108 Å². The first-order valence-corrected chi connectivity index (χ1v) is 7.18. The maximum Gasteiger partial charge on any atom is 0.251 e. The molecule has 1 amide bonds. The van der Waals surface area contributed by atoms with E-state index in [1.807, 2.05) is 6.92 Å². The quantitative estimate of drug-likeness (QED) is 0.793. The maximum absolute atomic E-state index is 13.0. The molecule has 0 saturated carbocycles. The van der Waals surface area contributed by atoms with Crippen molar-refractivity contribution in [3.8, 4) is 0 Å². The highest BCUT2D eigenvalue weighted by Crippen LogP contribution is 2.10. The van der Waals surface area contributed by atoms with Crippen molar-refractivity contribution in [1.29, 1.82) is 0 Å². The number of anilines is 1. The zero-order chi connectivity index (χ0) is 13.7. The molecule has 0 fully saturated rings. The van der Waals surface area contributed by atoms with Crippen LogP contribution in [0.25, 0.3) is 0 Å². The van der Waals surface area contributed by atoms with Crippen molar-refractivity contribution in [3.05, 3.63) is 29.6 Å². The van der Waals surface area contributed by atoms with Crippen LogP contribution in [0.3, 0.4) is 0 Å². The lowest BCUT2D eigenvalue weighted by Gasteiger charge is -2.09. The molecule has 1 aromatic rings. The van der Waals surface area contributed by atoms with E-state index >= 15 is 0 Å². The molecule has 6 heteroatoms. The molecule has 0 aliphatic carbocycles. The van der Waals surface area contributed by atoms with Gasteiger partial charge in [-0.3, -0.25) is 9.00 Å². The first-order chi connectivity index (χ1) is 8.40. The maximum atomic E-state index is 13.0. The van der Waals surface area contributed by atoms with Crippen molar-refractivity contribution in [2.24, 2.45) is 0 Å². The number of nitrogens with two attached hydrogens (primary N) is 1. The average molecular weight is 272 g/mol. The topological polar surface area (TPSA) is 72.2 Å². The summed E-state index contributed by atoms with van der Waals surface area (Å²) in [7, 11) is -0.908. The molecule has 18 heavy (non-hydrogen) atoms. The van der Waals surface area contributed by atoms with E-state index in [1.165, 1.54) is 6.07 Å². The van der Waals surface area contributed by atoms with Crippen LogP contribution in [0.1, 0.15) is 23.7 Å². The van der Waals surface area contributed by atoms with Gasteiger partial charge in [0.2, 0.25) is 0 Å². The summed E-state index contributed by atoms with van der Waals surface area (Å²) in [5.74, 6) is -0.918. The molecule has 0 heterocycles. The Hall–Kier alpha value is -1.43. The number of carbonyl (C=O) groups excluding carboxylic acids is 1. The normalized spacial score (nSPS) is 13.9. The molecule has 0 aromatic heterocycles. The Morgan fingerprint density at radius 1 is 1.50 bits per heavy atom. The molecule has 2 unspecified atom stereocenters. The van der Waals surface area contributed by atoms with Crippen LogP contribution in [0.5, 0.6) is 0 Å². The summed E-state index contributed by atoms with van der Waals surface area (Å²) < 4.78 is 24.2. The van der Waals surface area contributed by atoms with Gasteiger partial charge in [0.25, 0.3) is 5.91 Å². The van der Waals surface area contributed by atoms with Crippen LogP contribution < -0.4 is 11.1 Å². The number of nitrogen functional groups attached to an aromatic ring is 1. The largest absolute Gasteiger partial charge is 0.399 e. The highest BCUT2D eigenvalue weighted by molar-refractivity contribution is 7.84. The third-order valence-electron chi connectivity index (χ3n) is 2.59. The van der Waals surface area contributed by atoms with E-state index in [0.29, 0.717) is 13.0 Å². The smallest absolute Gasteiger partial charge is 0.251 e. The van der Waals surface area contributed by atoms with Gasteiger partial charge in [-0.15, -0.1) is 0 Å². The van der Waals surface area contributed by atoms with Crippen LogP contribution in [-0.4, -0.2) is 28.2 Å². The van der Waals surface area contributed by atoms with Gasteiger partial charge < -0.3 is 11.1 Å². The van der Waals surface area contributed by atoms with Crippen LogP contribution in [0.4, 0.5) is 10.1 Å². The van der Waals surface area contributed by atoms with Crippen molar-refractivity contribution in [2.45, 2.75) is 18.6 Å². The summed E-state index contributed by atoms with van der Waals surface area (Å²) in [6.45, 7) is 2.25. The molecule has 0 aliphatic heterocycles. The van der Waals surface area contributed by atoms with Gasteiger partial charge in [0.05, 0.1) is 0 Å². The van der Waals surface area contributed by atoms with E-state index in [2.05, 4.69) is 5.32 Å².